The Morgan fingerprint density at radius 2 is 1.69 bits per heavy atom. The second kappa shape index (κ2) is 9.96. The molecule has 2 N–H and O–H groups in total. The lowest BCUT2D eigenvalue weighted by Gasteiger charge is -2.27. The number of rotatable bonds is 6. The van der Waals surface area contributed by atoms with Crippen molar-refractivity contribution in [1.29, 1.82) is 0 Å². The molecule has 182 valence electrons. The molecule has 0 unspecified atom stereocenters. The number of fused-ring (bicyclic) bond motifs is 2. The maximum absolute atomic E-state index is 5.49. The number of nitrogens with zero attached hydrogens (tertiary/aromatic N) is 5. The number of anilines is 4. The predicted octanol–water partition coefficient (Wildman–Crippen LogP) is 4.54. The highest BCUT2D eigenvalue weighted by Gasteiger charge is 2.18. The van der Waals surface area contributed by atoms with Gasteiger partial charge in [-0.2, -0.15) is 20.1 Å². The van der Waals surface area contributed by atoms with Gasteiger partial charge >= 0.3 is 0 Å². The monoisotopic (exact) mass is 547 g/mol. The van der Waals surface area contributed by atoms with Gasteiger partial charge in [0.1, 0.15) is 0 Å². The minimum Gasteiger partial charge on any atom is -0.454 e. The molecule has 0 atom stereocenters. The second-order valence-electron chi connectivity index (χ2n) is 8.13. The minimum absolute atomic E-state index is 0.211. The fourth-order valence-electron chi connectivity index (χ4n) is 4.02. The Balaban J connectivity index is 1.29. The molecular weight excluding hydrogens is 526 g/mol. The summed E-state index contributed by atoms with van der Waals surface area (Å²) >= 11 is 3.54. The van der Waals surface area contributed by atoms with Crippen LogP contribution in [0.1, 0.15) is 5.56 Å². The standard InChI is InChI=1S/C25H22BrN7O3/c26-19-13-22-21(35-15-36-22)12-17(19)14-27-32-24-29-23(30-25(31-24)33-8-10-34-11-9-33)28-20-7-3-5-16-4-1-2-6-18(16)20/h1-7,12-14H,8-11,15H2,(H2,28,29,30,31,32)/b27-14+. The van der Waals surface area contributed by atoms with Gasteiger partial charge in [0.25, 0.3) is 0 Å². The summed E-state index contributed by atoms with van der Waals surface area (Å²) in [6.45, 7) is 2.85. The van der Waals surface area contributed by atoms with Crippen molar-refractivity contribution in [3.8, 4) is 11.5 Å². The molecule has 0 saturated carbocycles. The Hall–Kier alpha value is -3.96. The highest BCUT2D eigenvalue weighted by molar-refractivity contribution is 9.10. The summed E-state index contributed by atoms with van der Waals surface area (Å²) in [6.07, 6.45) is 1.67. The smallest absolute Gasteiger partial charge is 0.250 e. The number of ether oxygens (including phenoxy) is 3. The van der Waals surface area contributed by atoms with Crippen LogP contribution in [0.25, 0.3) is 10.8 Å². The Kier molecular flexibility index (Phi) is 6.22. The van der Waals surface area contributed by atoms with Gasteiger partial charge in [-0.3, -0.25) is 0 Å². The highest BCUT2D eigenvalue weighted by Crippen LogP contribution is 2.36. The van der Waals surface area contributed by atoms with Gasteiger partial charge in [0.05, 0.1) is 19.4 Å². The van der Waals surface area contributed by atoms with E-state index in [2.05, 4.69) is 69.8 Å². The third-order valence-electron chi connectivity index (χ3n) is 5.81. The first-order chi connectivity index (χ1) is 17.7. The molecule has 2 aliphatic rings. The maximum Gasteiger partial charge on any atom is 0.250 e. The van der Waals surface area contributed by atoms with Gasteiger partial charge in [-0.1, -0.05) is 36.4 Å². The molecule has 10 nitrogen and oxygen atoms in total. The molecule has 0 spiro atoms. The molecule has 2 aliphatic heterocycles. The molecule has 1 aromatic heterocycles. The van der Waals surface area contributed by atoms with Crippen LogP contribution >= 0.6 is 15.9 Å². The van der Waals surface area contributed by atoms with Crippen molar-refractivity contribution >= 4 is 56.4 Å². The van der Waals surface area contributed by atoms with Gasteiger partial charge < -0.3 is 24.4 Å². The number of halogens is 1. The van der Waals surface area contributed by atoms with Crippen molar-refractivity contribution in [2.45, 2.75) is 0 Å². The van der Waals surface area contributed by atoms with Crippen molar-refractivity contribution in [2.75, 3.05) is 48.7 Å². The van der Waals surface area contributed by atoms with E-state index in [0.29, 0.717) is 55.6 Å². The number of morpholine rings is 1. The summed E-state index contributed by atoms with van der Waals surface area (Å²) in [5.41, 5.74) is 4.68. The van der Waals surface area contributed by atoms with E-state index in [1.807, 2.05) is 36.4 Å². The van der Waals surface area contributed by atoms with E-state index in [4.69, 9.17) is 14.2 Å². The Morgan fingerprint density at radius 3 is 2.58 bits per heavy atom. The maximum atomic E-state index is 5.49. The lowest BCUT2D eigenvalue weighted by molar-refractivity contribution is 0.122. The molecule has 1 saturated heterocycles. The van der Waals surface area contributed by atoms with E-state index < -0.39 is 0 Å². The van der Waals surface area contributed by atoms with Gasteiger partial charge in [0, 0.05) is 34.2 Å². The fourth-order valence-corrected chi connectivity index (χ4v) is 4.45. The number of hydrogen-bond acceptors (Lipinski definition) is 10. The third-order valence-corrected chi connectivity index (χ3v) is 6.50. The lowest BCUT2D eigenvalue weighted by Crippen LogP contribution is -2.37. The summed E-state index contributed by atoms with van der Waals surface area (Å²) in [5.74, 6) is 2.67. The van der Waals surface area contributed by atoms with Crippen LogP contribution in [0.15, 0.2) is 64.2 Å². The van der Waals surface area contributed by atoms with Gasteiger partial charge in [-0.25, -0.2) is 5.43 Å². The average molecular weight is 548 g/mol. The van der Waals surface area contributed by atoms with Gasteiger partial charge in [-0.05, 0) is 39.5 Å². The molecule has 3 aromatic carbocycles. The fraction of sp³-hybridized carbons (Fsp3) is 0.200. The van der Waals surface area contributed by atoms with Crippen LogP contribution in [0.4, 0.5) is 23.5 Å². The second-order valence-corrected chi connectivity index (χ2v) is 8.99. The van der Waals surface area contributed by atoms with Crippen molar-refractivity contribution in [3.05, 3.63) is 64.6 Å². The van der Waals surface area contributed by atoms with Crippen LogP contribution in [0.2, 0.25) is 0 Å². The number of hydrogen-bond donors (Lipinski definition) is 2. The molecule has 0 radical (unpaired) electrons. The molecule has 4 aromatic rings. The number of benzene rings is 3. The van der Waals surface area contributed by atoms with E-state index in [1.54, 1.807) is 6.21 Å². The molecular formula is C25H22BrN7O3. The van der Waals surface area contributed by atoms with Gasteiger partial charge in [0.15, 0.2) is 11.5 Å². The molecule has 3 heterocycles. The summed E-state index contributed by atoms with van der Waals surface area (Å²) in [6, 6.07) is 18.0. The largest absolute Gasteiger partial charge is 0.454 e. The Labute approximate surface area is 215 Å². The zero-order valence-corrected chi connectivity index (χ0v) is 20.7. The number of nitrogens with one attached hydrogen (secondary N) is 2. The average Bonchev–Trinajstić information content (AvgIpc) is 3.36. The lowest BCUT2D eigenvalue weighted by atomic mass is 10.1. The Bertz CT molecular complexity index is 1440. The van der Waals surface area contributed by atoms with Crippen molar-refractivity contribution in [1.82, 2.24) is 15.0 Å². The molecule has 36 heavy (non-hydrogen) atoms. The summed E-state index contributed by atoms with van der Waals surface area (Å²) < 4.78 is 17.2. The van der Waals surface area contributed by atoms with Crippen molar-refractivity contribution in [2.24, 2.45) is 5.10 Å². The van der Waals surface area contributed by atoms with Crippen LogP contribution < -0.4 is 25.1 Å². The van der Waals surface area contributed by atoms with E-state index in [9.17, 15) is 0 Å². The summed E-state index contributed by atoms with van der Waals surface area (Å²) in [7, 11) is 0. The van der Waals surface area contributed by atoms with E-state index in [0.717, 1.165) is 26.5 Å². The van der Waals surface area contributed by atoms with Crippen LogP contribution in [-0.4, -0.2) is 54.3 Å². The molecule has 0 amide bonds. The van der Waals surface area contributed by atoms with Gasteiger partial charge in [0.2, 0.25) is 24.6 Å². The van der Waals surface area contributed by atoms with Crippen LogP contribution in [0.5, 0.6) is 11.5 Å². The first-order valence-corrected chi connectivity index (χ1v) is 12.2. The van der Waals surface area contributed by atoms with Crippen LogP contribution in [0.3, 0.4) is 0 Å². The van der Waals surface area contributed by atoms with Gasteiger partial charge in [-0.15, -0.1) is 0 Å². The highest BCUT2D eigenvalue weighted by atomic mass is 79.9. The van der Waals surface area contributed by atoms with E-state index in [-0.39, 0.29) is 6.79 Å². The normalized spacial score (nSPS) is 15.0. The predicted molar refractivity (Wildman–Crippen MR) is 142 cm³/mol. The SMILES string of the molecule is Brc1cc2c(cc1/C=N/Nc1nc(Nc3cccc4ccccc34)nc(N3CCOCC3)n1)OCO2. The summed E-state index contributed by atoms with van der Waals surface area (Å²) in [5, 5.41) is 9.92. The zero-order chi connectivity index (χ0) is 24.3. The van der Waals surface area contributed by atoms with Crippen molar-refractivity contribution in [3.63, 3.8) is 0 Å². The number of hydrazone groups is 1. The zero-order valence-electron chi connectivity index (χ0n) is 19.1. The first-order valence-electron chi connectivity index (χ1n) is 11.4. The third kappa shape index (κ3) is 4.75. The minimum atomic E-state index is 0.211. The molecule has 0 bridgehead atoms. The van der Waals surface area contributed by atoms with E-state index in [1.165, 1.54) is 0 Å². The molecule has 11 heteroatoms. The topological polar surface area (TPSA) is 106 Å². The molecule has 1 fully saturated rings. The molecule has 0 aliphatic carbocycles. The van der Waals surface area contributed by atoms with Crippen LogP contribution in [-0.2, 0) is 4.74 Å². The Morgan fingerprint density at radius 1 is 0.917 bits per heavy atom. The van der Waals surface area contributed by atoms with Crippen molar-refractivity contribution < 1.29 is 14.2 Å². The first kappa shape index (κ1) is 22.5. The number of aromatic nitrogens is 3. The quantitative estimate of drug-likeness (QED) is 0.265. The van der Waals surface area contributed by atoms with E-state index >= 15 is 0 Å². The molecule has 6 rings (SSSR count). The van der Waals surface area contributed by atoms with Crippen LogP contribution in [0, 0.1) is 0 Å². The summed E-state index contributed by atoms with van der Waals surface area (Å²) in [4.78, 5) is 15.9.